The Bertz CT molecular complexity index is 641. The minimum atomic E-state index is -0.967. The first-order valence-electron chi connectivity index (χ1n) is 7.63. The molecule has 0 radical (unpaired) electrons. The molecular formula is C17H22N2O4. The van der Waals surface area contributed by atoms with Crippen LogP contribution < -0.4 is 5.32 Å². The average molecular weight is 318 g/mol. The van der Waals surface area contributed by atoms with Gasteiger partial charge >= 0.3 is 5.97 Å². The molecule has 1 aromatic carbocycles. The van der Waals surface area contributed by atoms with Crippen molar-refractivity contribution in [1.29, 1.82) is 0 Å². The molecule has 0 fully saturated rings. The van der Waals surface area contributed by atoms with Crippen molar-refractivity contribution in [2.75, 3.05) is 6.54 Å². The molecule has 2 N–H and O–H groups in total. The first-order valence-corrected chi connectivity index (χ1v) is 7.63. The standard InChI is InChI=1S/C17H22N2O4/c1-11(2)17(3,8-15(21)22)18-14(20)10-19-9-12-6-4-5-7-13(12)16(19)23/h4-7,11H,8-10H2,1-3H3,(H,18,20)(H,21,22). The van der Waals surface area contributed by atoms with Crippen molar-refractivity contribution in [3.8, 4) is 0 Å². The summed E-state index contributed by atoms with van der Waals surface area (Å²) >= 11 is 0. The van der Waals surface area contributed by atoms with Gasteiger partial charge in [0.1, 0.15) is 6.54 Å². The highest BCUT2D eigenvalue weighted by Crippen LogP contribution is 2.23. The Morgan fingerprint density at radius 1 is 1.35 bits per heavy atom. The molecule has 0 spiro atoms. The van der Waals surface area contributed by atoms with Crippen molar-refractivity contribution in [3.63, 3.8) is 0 Å². The molecule has 1 unspecified atom stereocenters. The van der Waals surface area contributed by atoms with Crippen LogP contribution in [0.4, 0.5) is 0 Å². The van der Waals surface area contributed by atoms with Gasteiger partial charge in [0.15, 0.2) is 0 Å². The highest BCUT2D eigenvalue weighted by Gasteiger charge is 2.34. The van der Waals surface area contributed by atoms with Gasteiger partial charge in [-0.3, -0.25) is 14.4 Å². The Hall–Kier alpha value is -2.37. The van der Waals surface area contributed by atoms with E-state index in [0.717, 1.165) is 5.56 Å². The topological polar surface area (TPSA) is 86.7 Å². The van der Waals surface area contributed by atoms with Crippen LogP contribution in [0.3, 0.4) is 0 Å². The molecule has 1 aliphatic heterocycles. The van der Waals surface area contributed by atoms with E-state index in [4.69, 9.17) is 5.11 Å². The van der Waals surface area contributed by atoms with E-state index in [-0.39, 0.29) is 30.7 Å². The quantitative estimate of drug-likeness (QED) is 0.835. The fourth-order valence-corrected chi connectivity index (χ4v) is 2.68. The van der Waals surface area contributed by atoms with Gasteiger partial charge in [-0.15, -0.1) is 0 Å². The van der Waals surface area contributed by atoms with Gasteiger partial charge in [-0.1, -0.05) is 32.0 Å². The molecule has 0 aliphatic carbocycles. The number of fused-ring (bicyclic) bond motifs is 1. The van der Waals surface area contributed by atoms with E-state index >= 15 is 0 Å². The lowest BCUT2D eigenvalue weighted by molar-refractivity contribution is -0.139. The molecule has 23 heavy (non-hydrogen) atoms. The monoisotopic (exact) mass is 318 g/mol. The summed E-state index contributed by atoms with van der Waals surface area (Å²) in [5.74, 6) is -1.52. The molecule has 6 heteroatoms. The van der Waals surface area contributed by atoms with Crippen LogP contribution in [-0.4, -0.2) is 39.9 Å². The number of nitrogens with one attached hydrogen (secondary N) is 1. The zero-order valence-corrected chi connectivity index (χ0v) is 13.6. The molecule has 6 nitrogen and oxygen atoms in total. The molecule has 2 rings (SSSR count). The van der Waals surface area contributed by atoms with Crippen LogP contribution in [0.2, 0.25) is 0 Å². The van der Waals surface area contributed by atoms with Crippen molar-refractivity contribution < 1.29 is 19.5 Å². The second-order valence-electron chi connectivity index (χ2n) is 6.51. The third-order valence-electron chi connectivity index (χ3n) is 4.45. The maximum Gasteiger partial charge on any atom is 0.305 e. The number of hydrogen-bond donors (Lipinski definition) is 2. The van der Waals surface area contributed by atoms with E-state index in [9.17, 15) is 14.4 Å². The van der Waals surface area contributed by atoms with Crippen molar-refractivity contribution in [2.45, 2.75) is 39.3 Å². The summed E-state index contributed by atoms with van der Waals surface area (Å²) in [6.07, 6.45) is -0.162. The van der Waals surface area contributed by atoms with Crippen LogP contribution in [0.15, 0.2) is 24.3 Å². The summed E-state index contributed by atoms with van der Waals surface area (Å²) in [7, 11) is 0. The summed E-state index contributed by atoms with van der Waals surface area (Å²) in [5.41, 5.74) is 0.679. The van der Waals surface area contributed by atoms with E-state index in [1.807, 2.05) is 26.0 Å². The minimum absolute atomic E-state index is 0.0472. The zero-order valence-electron chi connectivity index (χ0n) is 13.6. The van der Waals surface area contributed by atoms with E-state index < -0.39 is 11.5 Å². The van der Waals surface area contributed by atoms with Crippen molar-refractivity contribution >= 4 is 17.8 Å². The molecule has 124 valence electrons. The van der Waals surface area contributed by atoms with E-state index in [1.165, 1.54) is 4.90 Å². The van der Waals surface area contributed by atoms with Crippen LogP contribution in [0.25, 0.3) is 0 Å². The highest BCUT2D eigenvalue weighted by atomic mass is 16.4. The first-order chi connectivity index (χ1) is 10.7. The number of benzene rings is 1. The Balaban J connectivity index is 2.03. The summed E-state index contributed by atoms with van der Waals surface area (Å²) in [6, 6.07) is 7.27. The van der Waals surface area contributed by atoms with E-state index in [1.54, 1.807) is 19.1 Å². The number of rotatable bonds is 6. The Morgan fingerprint density at radius 3 is 2.57 bits per heavy atom. The summed E-state index contributed by atoms with van der Waals surface area (Å²) in [5, 5.41) is 11.8. The minimum Gasteiger partial charge on any atom is -0.481 e. The van der Waals surface area contributed by atoms with Crippen LogP contribution in [0.5, 0.6) is 0 Å². The second kappa shape index (κ2) is 6.40. The van der Waals surface area contributed by atoms with Crippen LogP contribution >= 0.6 is 0 Å². The van der Waals surface area contributed by atoms with Crippen molar-refractivity contribution in [3.05, 3.63) is 35.4 Å². The van der Waals surface area contributed by atoms with Gasteiger partial charge in [0.05, 0.1) is 12.0 Å². The Morgan fingerprint density at radius 2 is 2.00 bits per heavy atom. The number of nitrogens with zero attached hydrogens (tertiary/aromatic N) is 1. The maximum absolute atomic E-state index is 12.3. The largest absolute Gasteiger partial charge is 0.481 e. The average Bonchev–Trinajstić information content (AvgIpc) is 2.74. The summed E-state index contributed by atoms with van der Waals surface area (Å²) in [6.45, 7) is 5.76. The number of carboxylic acids is 1. The highest BCUT2D eigenvalue weighted by molar-refractivity contribution is 6.00. The molecular weight excluding hydrogens is 296 g/mol. The van der Waals surface area contributed by atoms with Gasteiger partial charge in [-0.25, -0.2) is 0 Å². The van der Waals surface area contributed by atoms with Gasteiger partial charge in [0.25, 0.3) is 5.91 Å². The van der Waals surface area contributed by atoms with Crippen molar-refractivity contribution in [2.24, 2.45) is 5.92 Å². The van der Waals surface area contributed by atoms with Gasteiger partial charge in [0.2, 0.25) is 5.91 Å². The smallest absolute Gasteiger partial charge is 0.305 e. The Labute approximate surface area is 135 Å². The molecule has 1 aliphatic rings. The predicted octanol–water partition coefficient (Wildman–Crippen LogP) is 1.65. The van der Waals surface area contributed by atoms with Crippen molar-refractivity contribution in [1.82, 2.24) is 10.2 Å². The summed E-state index contributed by atoms with van der Waals surface area (Å²) < 4.78 is 0. The molecule has 1 aromatic rings. The van der Waals surface area contributed by atoms with Crippen LogP contribution in [0.1, 0.15) is 43.1 Å². The number of amides is 2. The molecule has 0 bridgehead atoms. The van der Waals surface area contributed by atoms with Gasteiger partial charge in [-0.05, 0) is 24.5 Å². The molecule has 1 heterocycles. The molecule has 0 saturated heterocycles. The van der Waals surface area contributed by atoms with Gasteiger partial charge in [0, 0.05) is 12.1 Å². The predicted molar refractivity (Wildman–Crippen MR) is 84.8 cm³/mol. The number of carbonyl (C=O) groups excluding carboxylic acids is 2. The SMILES string of the molecule is CC(C)C(C)(CC(=O)O)NC(=O)CN1Cc2ccccc2C1=O. The van der Waals surface area contributed by atoms with E-state index in [0.29, 0.717) is 12.1 Å². The maximum atomic E-state index is 12.3. The molecule has 0 saturated carbocycles. The number of aliphatic carboxylic acids is 1. The van der Waals surface area contributed by atoms with Gasteiger partial charge in [-0.2, -0.15) is 0 Å². The van der Waals surface area contributed by atoms with E-state index in [2.05, 4.69) is 5.32 Å². The zero-order chi connectivity index (χ0) is 17.2. The molecule has 1 atom stereocenters. The first kappa shape index (κ1) is 17.0. The molecule has 0 aromatic heterocycles. The fraction of sp³-hybridized carbons (Fsp3) is 0.471. The third kappa shape index (κ3) is 3.70. The lowest BCUT2D eigenvalue weighted by Gasteiger charge is -2.34. The number of carboxylic acid groups (broad SMARTS) is 1. The number of hydrogen-bond acceptors (Lipinski definition) is 3. The van der Waals surface area contributed by atoms with Gasteiger partial charge < -0.3 is 15.3 Å². The molecule has 2 amide bonds. The lowest BCUT2D eigenvalue weighted by atomic mass is 9.85. The fourth-order valence-electron chi connectivity index (χ4n) is 2.68. The summed E-state index contributed by atoms with van der Waals surface area (Å²) in [4.78, 5) is 37.1. The second-order valence-corrected chi connectivity index (χ2v) is 6.51. The normalized spacial score (nSPS) is 16.2. The Kier molecular flexibility index (Phi) is 4.73. The lowest BCUT2D eigenvalue weighted by Crippen LogP contribution is -2.53. The van der Waals surface area contributed by atoms with Crippen LogP contribution in [-0.2, 0) is 16.1 Å². The number of carbonyl (C=O) groups is 3. The third-order valence-corrected chi connectivity index (χ3v) is 4.45. The van der Waals surface area contributed by atoms with Crippen LogP contribution in [0, 0.1) is 5.92 Å².